The van der Waals surface area contributed by atoms with E-state index in [1.165, 1.54) is 6.08 Å². The summed E-state index contributed by atoms with van der Waals surface area (Å²) in [4.78, 5) is 16.4. The lowest BCUT2D eigenvalue weighted by Crippen LogP contribution is -1.96. The van der Waals surface area contributed by atoms with Gasteiger partial charge in [0, 0.05) is 23.6 Å². The van der Waals surface area contributed by atoms with Crippen LogP contribution in [0.3, 0.4) is 0 Å². The summed E-state index contributed by atoms with van der Waals surface area (Å²) >= 11 is 12.1. The first-order chi connectivity index (χ1) is 14.6. The maximum Gasteiger partial charge on any atom is 0.185 e. The van der Waals surface area contributed by atoms with E-state index in [4.69, 9.17) is 32.4 Å². The van der Waals surface area contributed by atoms with Crippen molar-refractivity contribution in [3.63, 3.8) is 0 Å². The van der Waals surface area contributed by atoms with E-state index in [9.17, 15) is 4.79 Å². The van der Waals surface area contributed by atoms with Crippen LogP contribution in [0.5, 0.6) is 5.75 Å². The van der Waals surface area contributed by atoms with Gasteiger partial charge in [0.15, 0.2) is 5.78 Å². The summed E-state index contributed by atoms with van der Waals surface area (Å²) in [6.45, 7) is 0.192. The number of aromatic nitrogens is 2. The third kappa shape index (κ3) is 4.64. The molecule has 0 aliphatic heterocycles. The molecule has 0 radical (unpaired) electrons. The fourth-order valence-electron chi connectivity index (χ4n) is 2.77. The van der Waals surface area contributed by atoms with E-state index in [1.807, 2.05) is 22.9 Å². The molecule has 0 atom stereocenters. The van der Waals surface area contributed by atoms with Crippen LogP contribution < -0.4 is 4.74 Å². The third-order valence-corrected chi connectivity index (χ3v) is 5.12. The van der Waals surface area contributed by atoms with Crippen LogP contribution in [0.4, 0.5) is 0 Å². The number of rotatable bonds is 7. The number of nitrogens with zero attached hydrogens (tertiary/aromatic N) is 2. The molecule has 4 rings (SSSR count). The normalized spacial score (nSPS) is 11.1. The van der Waals surface area contributed by atoms with E-state index >= 15 is 0 Å². The van der Waals surface area contributed by atoms with Gasteiger partial charge in [-0.05, 0) is 60.7 Å². The number of imidazole rings is 1. The molecule has 0 aliphatic carbocycles. The molecule has 0 fully saturated rings. The van der Waals surface area contributed by atoms with E-state index < -0.39 is 0 Å². The highest BCUT2D eigenvalue weighted by Crippen LogP contribution is 2.32. The Morgan fingerprint density at radius 1 is 1.10 bits per heavy atom. The van der Waals surface area contributed by atoms with E-state index in [-0.39, 0.29) is 12.4 Å². The molecular formula is C23H16Cl2N2O3. The summed E-state index contributed by atoms with van der Waals surface area (Å²) in [5.41, 5.74) is 1.52. The second kappa shape index (κ2) is 9.03. The molecule has 0 amide bonds. The molecular weight excluding hydrogens is 423 g/mol. The van der Waals surface area contributed by atoms with Crippen molar-refractivity contribution in [1.82, 2.24) is 9.55 Å². The highest BCUT2D eigenvalue weighted by Gasteiger charge is 2.08. The Kier molecular flexibility index (Phi) is 6.02. The number of benzene rings is 2. The monoisotopic (exact) mass is 438 g/mol. The summed E-state index contributed by atoms with van der Waals surface area (Å²) in [6.07, 6.45) is 8.35. The number of hydrogen-bond donors (Lipinski definition) is 0. The van der Waals surface area contributed by atoms with Crippen molar-refractivity contribution < 1.29 is 13.9 Å². The number of ether oxygens (including phenoxy) is 1. The molecule has 0 unspecified atom stereocenters. The Morgan fingerprint density at radius 2 is 1.93 bits per heavy atom. The minimum Gasteiger partial charge on any atom is -0.484 e. The summed E-state index contributed by atoms with van der Waals surface area (Å²) in [5, 5.41) is 0.782. The van der Waals surface area contributed by atoms with Gasteiger partial charge in [0.2, 0.25) is 0 Å². The van der Waals surface area contributed by atoms with Gasteiger partial charge in [0.05, 0.1) is 11.3 Å². The Bertz CT molecular complexity index is 1180. The molecule has 150 valence electrons. The Labute approximate surface area is 183 Å². The van der Waals surface area contributed by atoms with Crippen molar-refractivity contribution >= 4 is 35.1 Å². The van der Waals surface area contributed by atoms with Crippen LogP contribution in [0.2, 0.25) is 10.0 Å². The van der Waals surface area contributed by atoms with Crippen LogP contribution >= 0.6 is 23.2 Å². The van der Waals surface area contributed by atoms with Gasteiger partial charge in [-0.25, -0.2) is 4.98 Å². The molecule has 0 aliphatic rings. The molecule has 0 bridgehead atoms. The number of hydrogen-bond acceptors (Lipinski definition) is 4. The van der Waals surface area contributed by atoms with Crippen molar-refractivity contribution in [3.05, 3.63) is 107 Å². The van der Waals surface area contributed by atoms with Crippen LogP contribution in [0, 0.1) is 0 Å². The molecule has 0 spiro atoms. The Balaban J connectivity index is 1.37. The summed E-state index contributed by atoms with van der Waals surface area (Å²) in [6, 6.07) is 16.0. The molecule has 4 aromatic rings. The lowest BCUT2D eigenvalue weighted by molar-refractivity contribution is 0.104. The molecule has 5 nitrogen and oxygen atoms in total. The van der Waals surface area contributed by atoms with Crippen LogP contribution in [0.1, 0.15) is 21.9 Å². The second-order valence-electron chi connectivity index (χ2n) is 6.36. The molecule has 0 N–H and O–H groups in total. The van der Waals surface area contributed by atoms with E-state index in [1.54, 1.807) is 61.1 Å². The van der Waals surface area contributed by atoms with Crippen molar-refractivity contribution in [2.24, 2.45) is 0 Å². The maximum absolute atomic E-state index is 12.4. The standard InChI is InChI=1S/C23H16Cl2N2O3/c24-20-2-1-3-22(23(20)25)29-14-19-9-8-18(30-19)10-11-21(28)16-4-6-17(7-5-16)27-13-12-26-15-27/h1-13,15H,14H2/b11-10+. The maximum atomic E-state index is 12.4. The molecule has 2 aromatic heterocycles. The zero-order chi connectivity index (χ0) is 20.9. The van der Waals surface area contributed by atoms with E-state index in [0.29, 0.717) is 32.9 Å². The van der Waals surface area contributed by atoms with Gasteiger partial charge in [-0.1, -0.05) is 29.3 Å². The quantitative estimate of drug-likeness (QED) is 0.252. The zero-order valence-electron chi connectivity index (χ0n) is 15.7. The van der Waals surface area contributed by atoms with Gasteiger partial charge in [-0.2, -0.15) is 0 Å². The van der Waals surface area contributed by atoms with E-state index in [0.717, 1.165) is 5.69 Å². The van der Waals surface area contributed by atoms with Gasteiger partial charge in [-0.15, -0.1) is 0 Å². The first kappa shape index (κ1) is 20.0. The zero-order valence-corrected chi connectivity index (χ0v) is 17.2. The lowest BCUT2D eigenvalue weighted by Gasteiger charge is -2.06. The predicted molar refractivity (Wildman–Crippen MR) is 116 cm³/mol. The van der Waals surface area contributed by atoms with Crippen LogP contribution in [0.25, 0.3) is 11.8 Å². The molecule has 2 heterocycles. The van der Waals surface area contributed by atoms with Crippen molar-refractivity contribution in [2.45, 2.75) is 6.61 Å². The fraction of sp³-hybridized carbons (Fsp3) is 0.0435. The molecule has 30 heavy (non-hydrogen) atoms. The SMILES string of the molecule is O=C(/C=C/c1ccc(COc2cccc(Cl)c2Cl)o1)c1ccc(-n2ccnc2)cc1. The first-order valence-electron chi connectivity index (χ1n) is 9.06. The van der Waals surface area contributed by atoms with Crippen LogP contribution in [-0.2, 0) is 6.61 Å². The van der Waals surface area contributed by atoms with Gasteiger partial charge in [-0.3, -0.25) is 4.79 Å². The van der Waals surface area contributed by atoms with Gasteiger partial charge in [0.25, 0.3) is 0 Å². The second-order valence-corrected chi connectivity index (χ2v) is 7.14. The van der Waals surface area contributed by atoms with Crippen LogP contribution in [-0.4, -0.2) is 15.3 Å². The minimum absolute atomic E-state index is 0.118. The van der Waals surface area contributed by atoms with Crippen molar-refractivity contribution in [3.8, 4) is 11.4 Å². The highest BCUT2D eigenvalue weighted by atomic mass is 35.5. The number of allylic oxidation sites excluding steroid dienone is 1. The predicted octanol–water partition coefficient (Wildman–Crippen LogP) is 6.25. The topological polar surface area (TPSA) is 57.3 Å². The molecule has 0 saturated carbocycles. The largest absolute Gasteiger partial charge is 0.484 e. The fourth-order valence-corrected chi connectivity index (χ4v) is 3.12. The van der Waals surface area contributed by atoms with Gasteiger partial charge < -0.3 is 13.7 Å². The van der Waals surface area contributed by atoms with Crippen molar-refractivity contribution in [2.75, 3.05) is 0 Å². The van der Waals surface area contributed by atoms with Gasteiger partial charge in [0.1, 0.15) is 28.9 Å². The number of furan rings is 1. The average molecular weight is 439 g/mol. The first-order valence-corrected chi connectivity index (χ1v) is 9.82. The highest BCUT2D eigenvalue weighted by molar-refractivity contribution is 6.42. The Hall–Kier alpha value is -3.28. The average Bonchev–Trinajstić information content (AvgIpc) is 3.45. The lowest BCUT2D eigenvalue weighted by atomic mass is 10.1. The minimum atomic E-state index is -0.118. The number of carbonyl (C=O) groups excluding carboxylic acids is 1. The smallest absolute Gasteiger partial charge is 0.185 e. The molecule has 0 saturated heterocycles. The van der Waals surface area contributed by atoms with E-state index in [2.05, 4.69) is 4.98 Å². The van der Waals surface area contributed by atoms with Gasteiger partial charge >= 0.3 is 0 Å². The molecule has 2 aromatic carbocycles. The molecule has 7 heteroatoms. The third-order valence-electron chi connectivity index (χ3n) is 4.32. The number of ketones is 1. The van der Waals surface area contributed by atoms with Crippen LogP contribution in [0.15, 0.2) is 83.8 Å². The summed E-state index contributed by atoms with van der Waals surface area (Å²) in [7, 11) is 0. The summed E-state index contributed by atoms with van der Waals surface area (Å²) in [5.74, 6) is 1.51. The number of halogens is 2. The number of carbonyl (C=O) groups is 1. The Morgan fingerprint density at radius 3 is 2.70 bits per heavy atom. The van der Waals surface area contributed by atoms with Crippen molar-refractivity contribution in [1.29, 1.82) is 0 Å². The summed E-state index contributed by atoms with van der Waals surface area (Å²) < 4.78 is 13.2.